The van der Waals surface area contributed by atoms with Gasteiger partial charge in [0.2, 0.25) is 0 Å². The molecule has 0 aliphatic carbocycles. The van der Waals surface area contributed by atoms with Crippen LogP contribution in [0.4, 0.5) is 0 Å². The second kappa shape index (κ2) is 7.30. The van der Waals surface area contributed by atoms with Crippen LogP contribution < -0.4 is 10.1 Å². The number of piperidine rings is 1. The molecular weight excluding hydrogens is 272 g/mol. The topological polar surface area (TPSA) is 24.5 Å². The third-order valence-electron chi connectivity index (χ3n) is 4.16. The number of benzene rings is 1. The number of rotatable bonds is 5. The van der Waals surface area contributed by atoms with Gasteiger partial charge in [0.15, 0.2) is 0 Å². The molecule has 1 aromatic carbocycles. The van der Waals surface area contributed by atoms with Gasteiger partial charge in [-0.1, -0.05) is 24.6 Å². The van der Waals surface area contributed by atoms with Gasteiger partial charge in [0, 0.05) is 35.8 Å². The largest absolute Gasteiger partial charge is 0.496 e. The molecule has 20 heavy (non-hydrogen) atoms. The van der Waals surface area contributed by atoms with E-state index in [1.807, 2.05) is 18.2 Å². The molecule has 1 aliphatic heterocycles. The number of methoxy groups -OCH3 is 1. The van der Waals surface area contributed by atoms with Crippen molar-refractivity contribution in [2.75, 3.05) is 20.2 Å². The van der Waals surface area contributed by atoms with E-state index in [9.17, 15) is 0 Å². The first kappa shape index (κ1) is 15.6. The summed E-state index contributed by atoms with van der Waals surface area (Å²) >= 11 is 6.33. The van der Waals surface area contributed by atoms with E-state index < -0.39 is 0 Å². The Labute approximate surface area is 127 Å². The van der Waals surface area contributed by atoms with E-state index in [0.717, 1.165) is 36.0 Å². The van der Waals surface area contributed by atoms with E-state index in [0.29, 0.717) is 12.1 Å². The first-order chi connectivity index (χ1) is 9.65. The molecule has 1 saturated heterocycles. The summed E-state index contributed by atoms with van der Waals surface area (Å²) in [4.78, 5) is 2.50. The molecule has 2 atom stereocenters. The minimum absolute atomic E-state index is 0.564. The van der Waals surface area contributed by atoms with Crippen molar-refractivity contribution in [3.63, 3.8) is 0 Å². The van der Waals surface area contributed by atoms with Crippen molar-refractivity contribution in [1.29, 1.82) is 0 Å². The van der Waals surface area contributed by atoms with Crippen LogP contribution in [0.2, 0.25) is 5.02 Å². The third-order valence-corrected chi connectivity index (χ3v) is 4.52. The van der Waals surface area contributed by atoms with Gasteiger partial charge in [-0.25, -0.2) is 0 Å². The number of nitrogens with zero attached hydrogens (tertiary/aromatic N) is 1. The third kappa shape index (κ3) is 3.66. The molecule has 4 heteroatoms. The van der Waals surface area contributed by atoms with Crippen LogP contribution in [0.3, 0.4) is 0 Å². The molecule has 1 aliphatic rings. The Balaban J connectivity index is 2.04. The molecule has 0 radical (unpaired) electrons. The fourth-order valence-electron chi connectivity index (χ4n) is 3.02. The normalized spacial score (nSPS) is 23.8. The Morgan fingerprint density at radius 3 is 2.90 bits per heavy atom. The Kier molecular flexibility index (Phi) is 5.70. The number of nitrogens with one attached hydrogen (secondary N) is 1. The van der Waals surface area contributed by atoms with Crippen molar-refractivity contribution in [2.24, 2.45) is 0 Å². The van der Waals surface area contributed by atoms with Crippen LogP contribution in [0.25, 0.3) is 0 Å². The Hall–Kier alpha value is -0.770. The van der Waals surface area contributed by atoms with E-state index in [4.69, 9.17) is 16.3 Å². The second-order valence-electron chi connectivity index (χ2n) is 5.52. The zero-order valence-corrected chi connectivity index (χ0v) is 13.4. The summed E-state index contributed by atoms with van der Waals surface area (Å²) in [6.07, 6.45) is 2.39. The highest BCUT2D eigenvalue weighted by atomic mass is 35.5. The van der Waals surface area contributed by atoms with Gasteiger partial charge in [-0.2, -0.15) is 0 Å². The van der Waals surface area contributed by atoms with Crippen LogP contribution >= 0.6 is 11.6 Å². The first-order valence-electron chi connectivity index (χ1n) is 7.44. The van der Waals surface area contributed by atoms with Gasteiger partial charge in [-0.15, -0.1) is 0 Å². The molecule has 0 aromatic heterocycles. The van der Waals surface area contributed by atoms with Crippen LogP contribution in [-0.4, -0.2) is 37.2 Å². The predicted octanol–water partition coefficient (Wildman–Crippen LogP) is 3.31. The summed E-state index contributed by atoms with van der Waals surface area (Å²) in [7, 11) is 1.70. The number of hydrogen-bond donors (Lipinski definition) is 1. The van der Waals surface area contributed by atoms with Gasteiger partial charge in [0.1, 0.15) is 5.75 Å². The molecule has 1 aromatic rings. The highest BCUT2D eigenvalue weighted by Crippen LogP contribution is 2.30. The quantitative estimate of drug-likeness (QED) is 0.902. The van der Waals surface area contributed by atoms with Gasteiger partial charge < -0.3 is 10.1 Å². The molecule has 112 valence electrons. The predicted molar refractivity (Wildman–Crippen MR) is 84.6 cm³/mol. The maximum absolute atomic E-state index is 6.33. The zero-order chi connectivity index (χ0) is 14.5. The summed E-state index contributed by atoms with van der Waals surface area (Å²) < 4.78 is 5.44. The molecule has 3 nitrogen and oxygen atoms in total. The lowest BCUT2D eigenvalue weighted by atomic mass is 9.97. The van der Waals surface area contributed by atoms with E-state index >= 15 is 0 Å². The molecule has 0 saturated carbocycles. The average molecular weight is 297 g/mol. The number of likely N-dealkylation sites (tertiary alicyclic amines) is 1. The molecule has 1 heterocycles. The minimum Gasteiger partial charge on any atom is -0.496 e. The monoisotopic (exact) mass is 296 g/mol. The van der Waals surface area contributed by atoms with Gasteiger partial charge in [0.05, 0.1) is 7.11 Å². The first-order valence-corrected chi connectivity index (χ1v) is 7.82. The lowest BCUT2D eigenvalue weighted by Gasteiger charge is -2.38. The van der Waals surface area contributed by atoms with Gasteiger partial charge >= 0.3 is 0 Å². The van der Waals surface area contributed by atoms with Crippen LogP contribution in [0.1, 0.15) is 32.3 Å². The molecular formula is C16H25ClN2O. The maximum Gasteiger partial charge on any atom is 0.124 e. The van der Waals surface area contributed by atoms with Crippen molar-refractivity contribution >= 4 is 11.6 Å². The number of hydrogen-bond acceptors (Lipinski definition) is 3. The Morgan fingerprint density at radius 1 is 1.45 bits per heavy atom. The van der Waals surface area contributed by atoms with Crippen molar-refractivity contribution in [1.82, 2.24) is 10.2 Å². The second-order valence-corrected chi connectivity index (χ2v) is 5.93. The highest BCUT2D eigenvalue weighted by Gasteiger charge is 2.26. The Morgan fingerprint density at radius 2 is 2.25 bits per heavy atom. The Bertz CT molecular complexity index is 438. The standard InChI is InChI=1S/C16H25ClN2O/c1-4-18-13-8-9-19(12(2)10-13)11-14-15(17)6-5-7-16(14)20-3/h5-7,12-13,18H,4,8-11H2,1-3H3. The summed E-state index contributed by atoms with van der Waals surface area (Å²) in [6.45, 7) is 7.49. The molecule has 1 fully saturated rings. The van der Waals surface area contributed by atoms with Gasteiger partial charge in [0.25, 0.3) is 0 Å². The molecule has 1 N–H and O–H groups in total. The van der Waals surface area contributed by atoms with E-state index in [1.165, 1.54) is 12.8 Å². The van der Waals surface area contributed by atoms with Crippen molar-refractivity contribution < 1.29 is 4.74 Å². The molecule has 2 unspecified atom stereocenters. The summed E-state index contributed by atoms with van der Waals surface area (Å²) in [5, 5.41) is 4.35. The van der Waals surface area contributed by atoms with Crippen LogP contribution in [0.5, 0.6) is 5.75 Å². The van der Waals surface area contributed by atoms with Gasteiger partial charge in [-0.05, 0) is 38.4 Å². The van der Waals surface area contributed by atoms with Crippen molar-refractivity contribution in [3.05, 3.63) is 28.8 Å². The van der Waals surface area contributed by atoms with E-state index in [1.54, 1.807) is 7.11 Å². The summed E-state index contributed by atoms with van der Waals surface area (Å²) in [6, 6.07) is 7.08. The lowest BCUT2D eigenvalue weighted by Crippen LogP contribution is -2.46. The maximum atomic E-state index is 6.33. The van der Waals surface area contributed by atoms with Crippen LogP contribution in [-0.2, 0) is 6.54 Å². The fourth-order valence-corrected chi connectivity index (χ4v) is 3.24. The van der Waals surface area contributed by atoms with Crippen molar-refractivity contribution in [2.45, 2.75) is 45.3 Å². The fraction of sp³-hybridized carbons (Fsp3) is 0.625. The number of halogens is 1. The zero-order valence-electron chi connectivity index (χ0n) is 12.7. The van der Waals surface area contributed by atoms with Gasteiger partial charge in [-0.3, -0.25) is 4.90 Å². The van der Waals surface area contributed by atoms with Crippen LogP contribution in [0, 0.1) is 0 Å². The molecule has 0 amide bonds. The van der Waals surface area contributed by atoms with E-state index in [2.05, 4.69) is 24.1 Å². The van der Waals surface area contributed by atoms with E-state index in [-0.39, 0.29) is 0 Å². The highest BCUT2D eigenvalue weighted by molar-refractivity contribution is 6.31. The molecule has 0 spiro atoms. The smallest absolute Gasteiger partial charge is 0.124 e. The summed E-state index contributed by atoms with van der Waals surface area (Å²) in [5.74, 6) is 0.888. The summed E-state index contributed by atoms with van der Waals surface area (Å²) in [5.41, 5.74) is 1.10. The number of ether oxygens (including phenoxy) is 1. The van der Waals surface area contributed by atoms with Crippen LogP contribution in [0.15, 0.2) is 18.2 Å². The minimum atomic E-state index is 0.564. The van der Waals surface area contributed by atoms with Crippen molar-refractivity contribution in [3.8, 4) is 5.75 Å². The lowest BCUT2D eigenvalue weighted by molar-refractivity contribution is 0.128. The molecule has 2 rings (SSSR count). The average Bonchev–Trinajstić information content (AvgIpc) is 2.44. The SMILES string of the molecule is CCNC1CCN(Cc2c(Cl)cccc2OC)C(C)C1. The molecule has 0 bridgehead atoms.